The van der Waals surface area contributed by atoms with Crippen molar-refractivity contribution in [3.63, 3.8) is 0 Å². The molecule has 16 heteroatoms. The molecule has 20 aromatic rings. The lowest BCUT2D eigenvalue weighted by atomic mass is 9.91. The number of benzene rings is 20. The van der Waals surface area contributed by atoms with Gasteiger partial charge in [0.25, 0.3) is 0 Å². The van der Waals surface area contributed by atoms with Crippen LogP contribution < -0.4 is 19.6 Å². The molecule has 20 aromatic carbocycles. The SMILES string of the molecule is N#Cc1cccc(-c2cc(F)c(N(c3ccccc3)c3ccc4ccc5c(N(c6ccccc6)c6cc(F)c(-c7cccc(C#N)c7)cc6F)ccc6ccc3c4c65)cc2F)c1.N#Cc1ccccc1-c1cc(F)c(N(c2ccccc2)c2ccc3ccc4c(N(c5ccccc5)c5cc(F)c(-c6ccccc6C#N)cc5F)ccc5ccc2c3c54)cc1F. The van der Waals surface area contributed by atoms with Crippen LogP contribution in [-0.2, 0) is 0 Å². The third kappa shape index (κ3) is 13.6. The molecule has 0 aliphatic heterocycles. The molecule has 0 saturated carbocycles. The van der Waals surface area contributed by atoms with Crippen LogP contribution >= 0.6 is 0 Å². The second-order valence-electron chi connectivity index (χ2n) is 29.7. The topological polar surface area (TPSA) is 108 Å². The predicted molar refractivity (Wildman–Crippen MR) is 479 cm³/mol. The molecule has 0 N–H and O–H groups in total. The molecule has 0 aliphatic rings. The lowest BCUT2D eigenvalue weighted by molar-refractivity contribution is 0.604. The zero-order valence-corrected chi connectivity index (χ0v) is 65.2. The second kappa shape index (κ2) is 32.1. The smallest absolute Gasteiger partial charge is 0.148 e. The molecule has 0 bridgehead atoms. The number of nitrogens with zero attached hydrogens (tertiary/aromatic N) is 8. The van der Waals surface area contributed by atoms with Gasteiger partial charge in [-0.1, -0.05) is 206 Å². The first-order valence-corrected chi connectivity index (χ1v) is 39.4. The van der Waals surface area contributed by atoms with Crippen LogP contribution in [0.2, 0.25) is 0 Å². The van der Waals surface area contributed by atoms with Crippen molar-refractivity contribution in [2.45, 2.75) is 0 Å². The highest BCUT2D eigenvalue weighted by molar-refractivity contribution is 6.30. The Balaban J connectivity index is 0.000000163. The maximum atomic E-state index is 16.7. The molecule has 0 spiro atoms. The highest BCUT2D eigenvalue weighted by atomic mass is 19.2. The van der Waals surface area contributed by atoms with Crippen molar-refractivity contribution in [3.05, 3.63) is 433 Å². The maximum Gasteiger partial charge on any atom is 0.148 e. The molecule has 20 rings (SSSR count). The molecule has 0 amide bonds. The largest absolute Gasteiger partial charge is 0.307 e. The number of anilines is 12. The van der Waals surface area contributed by atoms with Crippen molar-refractivity contribution in [3.8, 4) is 68.8 Å². The van der Waals surface area contributed by atoms with E-state index in [1.165, 1.54) is 24.3 Å². The van der Waals surface area contributed by atoms with Gasteiger partial charge in [-0.25, -0.2) is 35.1 Å². The van der Waals surface area contributed by atoms with Gasteiger partial charge in [-0.2, -0.15) is 21.0 Å². The van der Waals surface area contributed by atoms with E-state index in [4.69, 9.17) is 0 Å². The van der Waals surface area contributed by atoms with E-state index < -0.39 is 46.5 Å². The van der Waals surface area contributed by atoms with Gasteiger partial charge in [0.1, 0.15) is 46.5 Å². The van der Waals surface area contributed by atoms with Crippen LogP contribution in [0, 0.1) is 91.9 Å². The van der Waals surface area contributed by atoms with Gasteiger partial charge in [0.05, 0.1) is 92.0 Å². The highest BCUT2D eigenvalue weighted by Gasteiger charge is 2.31. The minimum atomic E-state index is -0.695. The van der Waals surface area contributed by atoms with Gasteiger partial charge in [-0.05, 0) is 188 Å². The minimum Gasteiger partial charge on any atom is -0.307 e. The Labute approximate surface area is 706 Å². The van der Waals surface area contributed by atoms with E-state index in [9.17, 15) is 21.0 Å². The van der Waals surface area contributed by atoms with Gasteiger partial charge in [-0.15, -0.1) is 0 Å². The standard InChI is InChI=1S/2C54H30F4N4/c55-45-29-51(47(57)27-43(45)37-11-7-9-33(25-37)31-59)61(39-13-3-1-4-14-39)49-23-19-35-18-22-42-50(24-20-36-17-21-41(49)53(35)54(36)42)62(40-15-5-2-6-16-40)52-30-46(56)44(28-48(52)58)38-12-8-10-34(26-38)32-60;55-45-29-51(47(57)27-43(45)39-17-9-7-11-35(39)31-59)61(37-13-3-1-4-14-37)49-25-21-33-20-24-42-50(26-22-34-19-23-41(49)53(33)54(34)42)62(38-15-5-2-6-16-38)52-30-46(56)44(28-48(52)58)40-18-10-8-12-36(40)32-60/h2*1-30H. The van der Waals surface area contributed by atoms with Crippen LogP contribution in [-0.4, -0.2) is 0 Å². The molecule has 0 aliphatic carbocycles. The fourth-order valence-electron chi connectivity index (χ4n) is 17.1. The first-order chi connectivity index (χ1) is 60.6. The van der Waals surface area contributed by atoms with Gasteiger partial charge in [0, 0.05) is 102 Å². The van der Waals surface area contributed by atoms with Gasteiger partial charge < -0.3 is 19.6 Å². The van der Waals surface area contributed by atoms with E-state index in [-0.39, 0.29) is 67.3 Å². The van der Waals surface area contributed by atoms with Crippen molar-refractivity contribution >= 4 is 133 Å². The monoisotopic (exact) mass is 1620 g/mol. The number of hydrogen-bond acceptors (Lipinski definition) is 8. The Hall–Kier alpha value is -16.9. The molecule has 8 nitrogen and oxygen atoms in total. The molecule has 0 fully saturated rings. The molecule has 0 unspecified atom stereocenters. The number of halogens is 8. The number of rotatable bonds is 16. The average molecular weight is 1620 g/mol. The molecular formula is C108H60F8N8. The fraction of sp³-hybridized carbons (Fsp3) is 0. The first-order valence-electron chi connectivity index (χ1n) is 39.4. The molecular weight excluding hydrogens is 1560 g/mol. The summed E-state index contributed by atoms with van der Waals surface area (Å²) in [4.78, 5) is 6.77. The fourth-order valence-corrected chi connectivity index (χ4v) is 17.1. The van der Waals surface area contributed by atoms with Crippen LogP contribution in [0.25, 0.3) is 109 Å². The van der Waals surface area contributed by atoms with E-state index in [2.05, 4.69) is 24.3 Å². The van der Waals surface area contributed by atoms with Crippen LogP contribution in [0.4, 0.5) is 103 Å². The normalized spacial score (nSPS) is 11.2. The summed E-state index contributed by atoms with van der Waals surface area (Å²) in [6, 6.07) is 111. The lowest BCUT2D eigenvalue weighted by Crippen LogP contribution is -2.14. The van der Waals surface area contributed by atoms with E-state index in [0.29, 0.717) is 67.8 Å². The summed E-state index contributed by atoms with van der Waals surface area (Å²) in [6.07, 6.45) is 0. The highest BCUT2D eigenvalue weighted by Crippen LogP contribution is 2.53. The summed E-state index contributed by atoms with van der Waals surface area (Å²) in [6.45, 7) is 0. The van der Waals surface area contributed by atoms with E-state index in [1.54, 1.807) is 105 Å². The first kappa shape index (κ1) is 77.0. The van der Waals surface area contributed by atoms with Crippen molar-refractivity contribution in [2.24, 2.45) is 0 Å². The quantitative estimate of drug-likeness (QED) is 0.0695. The van der Waals surface area contributed by atoms with Crippen LogP contribution in [0.15, 0.2) is 364 Å². The Morgan fingerprint density at radius 1 is 0.185 bits per heavy atom. The summed E-state index contributed by atoms with van der Waals surface area (Å²) < 4.78 is 132. The van der Waals surface area contributed by atoms with Crippen LogP contribution in [0.3, 0.4) is 0 Å². The van der Waals surface area contributed by atoms with Gasteiger partial charge in [0.15, 0.2) is 0 Å². The summed E-state index contributed by atoms with van der Waals surface area (Å²) in [7, 11) is 0. The van der Waals surface area contributed by atoms with Gasteiger partial charge in [0.2, 0.25) is 0 Å². The van der Waals surface area contributed by atoms with Crippen LogP contribution in [0.5, 0.6) is 0 Å². The summed E-state index contributed by atoms with van der Waals surface area (Å²) in [5.74, 6) is -5.43. The van der Waals surface area contributed by atoms with Crippen molar-refractivity contribution in [1.29, 1.82) is 21.0 Å². The minimum absolute atomic E-state index is 0.0137. The summed E-state index contributed by atoms with van der Waals surface area (Å²) in [5.41, 5.74) is 7.04. The molecule has 124 heavy (non-hydrogen) atoms. The molecule has 0 atom stereocenters. The molecule has 588 valence electrons. The Morgan fingerprint density at radius 3 is 0.710 bits per heavy atom. The summed E-state index contributed by atoms with van der Waals surface area (Å²) >= 11 is 0. The van der Waals surface area contributed by atoms with E-state index in [0.717, 1.165) is 101 Å². The average Bonchev–Trinajstić information content (AvgIpc) is 0.720. The predicted octanol–water partition coefficient (Wildman–Crippen LogP) is 30.3. The van der Waals surface area contributed by atoms with E-state index in [1.807, 2.05) is 218 Å². The number of nitriles is 4. The Bertz CT molecular complexity index is 7360. The molecule has 0 saturated heterocycles. The number of para-hydroxylation sites is 4. The van der Waals surface area contributed by atoms with Crippen molar-refractivity contribution in [2.75, 3.05) is 19.6 Å². The second-order valence-corrected chi connectivity index (χ2v) is 29.7. The van der Waals surface area contributed by atoms with E-state index >= 15 is 35.1 Å². The Morgan fingerprint density at radius 2 is 0.435 bits per heavy atom. The lowest BCUT2D eigenvalue weighted by Gasteiger charge is -2.30. The van der Waals surface area contributed by atoms with Gasteiger partial charge >= 0.3 is 0 Å². The summed E-state index contributed by atoms with van der Waals surface area (Å²) in [5, 5.41) is 48.3. The Kier molecular flexibility index (Phi) is 19.9. The molecule has 0 radical (unpaired) electrons. The molecule has 0 heterocycles. The number of hydrogen-bond donors (Lipinski definition) is 0. The van der Waals surface area contributed by atoms with Crippen LogP contribution in [0.1, 0.15) is 22.3 Å². The van der Waals surface area contributed by atoms with Crippen molar-refractivity contribution < 1.29 is 35.1 Å². The zero-order valence-electron chi connectivity index (χ0n) is 65.2. The zero-order chi connectivity index (χ0) is 85.0. The van der Waals surface area contributed by atoms with Gasteiger partial charge in [-0.3, -0.25) is 0 Å². The van der Waals surface area contributed by atoms with Crippen molar-refractivity contribution in [1.82, 2.24) is 0 Å². The third-order valence-electron chi connectivity index (χ3n) is 22.6. The third-order valence-corrected chi connectivity index (χ3v) is 22.6. The molecule has 0 aromatic heterocycles. The maximum absolute atomic E-state index is 16.7.